The lowest BCUT2D eigenvalue weighted by atomic mass is 9.50. The molecule has 4 aliphatic carbocycles. The lowest BCUT2D eigenvalue weighted by molar-refractivity contribution is -0.00319. The van der Waals surface area contributed by atoms with Gasteiger partial charge in [-0.05, 0) is 80.2 Å². The number of hydrogen-bond donors (Lipinski definition) is 1. The standard InChI is InChI=1S/C17H21NO2/c1-9-2-14(15(8-18-9)17(19)20)16-12-4-10-3-11(6-12)7-13(16)5-10/h2,8,10-13,16H,3-7H2,1H3,(H,19,20). The van der Waals surface area contributed by atoms with E-state index in [1.54, 1.807) is 6.20 Å². The van der Waals surface area contributed by atoms with E-state index in [4.69, 9.17) is 0 Å². The normalized spacial score (nSPS) is 38.1. The predicted octanol–water partition coefficient (Wildman–Crippen LogP) is 3.63. The van der Waals surface area contributed by atoms with Gasteiger partial charge in [0.05, 0.1) is 5.56 Å². The maximum atomic E-state index is 11.5. The Balaban J connectivity index is 1.77. The second-order valence-corrected chi connectivity index (χ2v) is 7.17. The van der Waals surface area contributed by atoms with Crippen LogP contribution in [0.3, 0.4) is 0 Å². The Bertz CT molecular complexity index is 538. The van der Waals surface area contributed by atoms with Gasteiger partial charge >= 0.3 is 5.97 Å². The number of carbonyl (C=O) groups is 1. The maximum absolute atomic E-state index is 11.5. The Morgan fingerprint density at radius 2 is 1.75 bits per heavy atom. The molecule has 0 aliphatic heterocycles. The van der Waals surface area contributed by atoms with E-state index >= 15 is 0 Å². The number of pyridine rings is 1. The SMILES string of the molecule is Cc1cc(C2C3CC4CC(C3)CC2C4)c(C(=O)O)cn1. The smallest absolute Gasteiger partial charge is 0.337 e. The number of nitrogens with zero attached hydrogens (tertiary/aromatic N) is 1. The minimum absolute atomic E-state index is 0.438. The largest absolute Gasteiger partial charge is 0.478 e. The highest BCUT2D eigenvalue weighted by molar-refractivity contribution is 5.89. The number of aryl methyl sites for hydroxylation is 1. The molecule has 5 rings (SSSR count). The van der Waals surface area contributed by atoms with Crippen LogP contribution in [0.1, 0.15) is 59.6 Å². The molecule has 20 heavy (non-hydrogen) atoms. The third kappa shape index (κ3) is 1.79. The van der Waals surface area contributed by atoms with Gasteiger partial charge in [-0.2, -0.15) is 0 Å². The van der Waals surface area contributed by atoms with E-state index in [1.807, 2.05) is 13.0 Å². The van der Waals surface area contributed by atoms with Crippen LogP contribution in [0.4, 0.5) is 0 Å². The van der Waals surface area contributed by atoms with Gasteiger partial charge in [0.25, 0.3) is 0 Å². The Morgan fingerprint density at radius 1 is 1.15 bits per heavy atom. The number of carboxylic acid groups (broad SMARTS) is 1. The minimum atomic E-state index is -0.818. The van der Waals surface area contributed by atoms with Crippen molar-refractivity contribution in [3.8, 4) is 0 Å². The lowest BCUT2D eigenvalue weighted by Crippen LogP contribution is -2.44. The summed E-state index contributed by atoms with van der Waals surface area (Å²) in [5, 5.41) is 9.47. The zero-order valence-corrected chi connectivity index (χ0v) is 11.9. The molecule has 3 heteroatoms. The number of hydrogen-bond acceptors (Lipinski definition) is 2. The molecule has 1 heterocycles. The van der Waals surface area contributed by atoms with Crippen LogP contribution in [0.25, 0.3) is 0 Å². The highest BCUT2D eigenvalue weighted by Gasteiger charge is 2.49. The zero-order chi connectivity index (χ0) is 13.9. The van der Waals surface area contributed by atoms with Crippen molar-refractivity contribution in [2.24, 2.45) is 23.7 Å². The van der Waals surface area contributed by atoms with Crippen LogP contribution < -0.4 is 0 Å². The molecular formula is C17H21NO2. The van der Waals surface area contributed by atoms with Gasteiger partial charge in [0.1, 0.15) is 0 Å². The first-order valence-electron chi connectivity index (χ1n) is 7.81. The molecule has 1 aromatic rings. The van der Waals surface area contributed by atoms with Crippen molar-refractivity contribution < 1.29 is 9.90 Å². The van der Waals surface area contributed by atoms with Crippen LogP contribution in [-0.2, 0) is 0 Å². The molecule has 1 aromatic heterocycles. The topological polar surface area (TPSA) is 50.2 Å². The third-order valence-corrected chi connectivity index (χ3v) is 5.89. The van der Waals surface area contributed by atoms with Gasteiger partial charge in [-0.1, -0.05) is 0 Å². The summed E-state index contributed by atoms with van der Waals surface area (Å²) in [6.07, 6.45) is 8.27. The molecule has 4 aliphatic rings. The fourth-order valence-corrected chi connectivity index (χ4v) is 5.47. The van der Waals surface area contributed by atoms with E-state index in [0.717, 1.165) is 23.1 Å². The van der Waals surface area contributed by atoms with E-state index < -0.39 is 5.97 Å². The average Bonchev–Trinajstić information content (AvgIpc) is 2.37. The molecule has 1 N–H and O–H groups in total. The molecule has 4 fully saturated rings. The van der Waals surface area contributed by atoms with Gasteiger partial charge in [-0.15, -0.1) is 0 Å². The molecule has 4 bridgehead atoms. The zero-order valence-electron chi connectivity index (χ0n) is 11.9. The average molecular weight is 271 g/mol. The van der Waals surface area contributed by atoms with Crippen molar-refractivity contribution in [1.82, 2.24) is 4.98 Å². The van der Waals surface area contributed by atoms with Crippen LogP contribution in [-0.4, -0.2) is 16.1 Å². The third-order valence-electron chi connectivity index (χ3n) is 5.89. The van der Waals surface area contributed by atoms with Gasteiger partial charge in [-0.3, -0.25) is 4.98 Å². The first kappa shape index (κ1) is 12.4. The van der Waals surface area contributed by atoms with Gasteiger partial charge in [0.2, 0.25) is 0 Å². The molecule has 0 atom stereocenters. The van der Waals surface area contributed by atoms with E-state index in [-0.39, 0.29) is 0 Å². The molecule has 106 valence electrons. The van der Waals surface area contributed by atoms with Crippen LogP contribution in [0.2, 0.25) is 0 Å². The predicted molar refractivity (Wildman–Crippen MR) is 75.7 cm³/mol. The van der Waals surface area contributed by atoms with Crippen molar-refractivity contribution in [3.05, 3.63) is 29.1 Å². The molecule has 0 radical (unpaired) electrons. The van der Waals surface area contributed by atoms with Crippen molar-refractivity contribution in [2.45, 2.75) is 44.9 Å². The Hall–Kier alpha value is -1.38. The Morgan fingerprint density at radius 3 is 2.30 bits per heavy atom. The van der Waals surface area contributed by atoms with Gasteiger partial charge in [0, 0.05) is 11.9 Å². The Kier molecular flexibility index (Phi) is 2.66. The number of aromatic nitrogens is 1. The molecule has 4 saturated carbocycles. The fourth-order valence-electron chi connectivity index (χ4n) is 5.47. The summed E-state index contributed by atoms with van der Waals surface area (Å²) >= 11 is 0. The number of rotatable bonds is 2. The summed E-state index contributed by atoms with van der Waals surface area (Å²) in [7, 11) is 0. The van der Waals surface area contributed by atoms with Crippen LogP contribution in [0.5, 0.6) is 0 Å². The number of aromatic carboxylic acids is 1. The first-order chi connectivity index (χ1) is 9.61. The maximum Gasteiger partial charge on any atom is 0.337 e. The van der Waals surface area contributed by atoms with Crippen LogP contribution in [0, 0.1) is 30.6 Å². The van der Waals surface area contributed by atoms with Gasteiger partial charge in [0.15, 0.2) is 0 Å². The molecule has 0 unspecified atom stereocenters. The summed E-state index contributed by atoms with van der Waals surface area (Å²) in [6.45, 7) is 1.96. The van der Waals surface area contributed by atoms with Gasteiger partial charge < -0.3 is 5.11 Å². The monoisotopic (exact) mass is 271 g/mol. The summed E-state index contributed by atoms with van der Waals surface area (Å²) in [5.74, 6) is 2.92. The number of carboxylic acids is 1. The van der Waals surface area contributed by atoms with E-state index in [2.05, 4.69) is 4.98 Å². The van der Waals surface area contributed by atoms with Crippen molar-refractivity contribution >= 4 is 5.97 Å². The van der Waals surface area contributed by atoms with Gasteiger partial charge in [-0.25, -0.2) is 4.79 Å². The molecule has 0 spiro atoms. The highest BCUT2D eigenvalue weighted by Crippen LogP contribution is 2.60. The quantitative estimate of drug-likeness (QED) is 0.893. The van der Waals surface area contributed by atoms with Crippen LogP contribution >= 0.6 is 0 Å². The van der Waals surface area contributed by atoms with Crippen molar-refractivity contribution in [1.29, 1.82) is 0 Å². The molecule has 0 saturated heterocycles. The fraction of sp³-hybridized carbons (Fsp3) is 0.647. The van der Waals surface area contributed by atoms with E-state index in [9.17, 15) is 9.90 Å². The lowest BCUT2D eigenvalue weighted by Gasteiger charge is -2.54. The minimum Gasteiger partial charge on any atom is -0.478 e. The molecule has 3 nitrogen and oxygen atoms in total. The van der Waals surface area contributed by atoms with Crippen molar-refractivity contribution in [2.75, 3.05) is 0 Å². The second-order valence-electron chi connectivity index (χ2n) is 7.17. The highest BCUT2D eigenvalue weighted by atomic mass is 16.4. The second kappa shape index (κ2) is 4.31. The first-order valence-corrected chi connectivity index (χ1v) is 7.81. The van der Waals surface area contributed by atoms with E-state index in [0.29, 0.717) is 23.3 Å². The summed E-state index contributed by atoms with van der Waals surface area (Å²) in [5.41, 5.74) is 2.45. The van der Waals surface area contributed by atoms with Crippen LogP contribution in [0.15, 0.2) is 12.3 Å². The summed E-state index contributed by atoms with van der Waals surface area (Å²) in [4.78, 5) is 15.7. The molecule has 0 aromatic carbocycles. The van der Waals surface area contributed by atoms with Crippen molar-refractivity contribution in [3.63, 3.8) is 0 Å². The molecule has 0 amide bonds. The van der Waals surface area contributed by atoms with E-state index in [1.165, 1.54) is 32.1 Å². The summed E-state index contributed by atoms with van der Waals surface area (Å²) < 4.78 is 0. The molecular weight excluding hydrogens is 250 g/mol. The Labute approximate surface area is 119 Å². The summed E-state index contributed by atoms with van der Waals surface area (Å²) in [6, 6.07) is 2.04.